The number of nitrogens with one attached hydrogen (secondary N) is 2. The molecule has 0 saturated heterocycles. The van der Waals surface area contributed by atoms with Gasteiger partial charge in [-0.1, -0.05) is 62.7 Å². The Morgan fingerprint density at radius 1 is 0.958 bits per heavy atom. The molecule has 0 bridgehead atoms. The minimum absolute atomic E-state index is 0.0260. The Kier molecular flexibility index (Phi) is 5.62. The Bertz CT molecular complexity index is 734. The molecule has 4 nitrogen and oxygen atoms in total. The summed E-state index contributed by atoms with van der Waals surface area (Å²) in [6.45, 7) is 6.32. The highest BCUT2D eigenvalue weighted by Gasteiger charge is 2.14. The Morgan fingerprint density at radius 2 is 1.58 bits per heavy atom. The minimum Gasteiger partial charge on any atom is -0.273 e. The first-order chi connectivity index (χ1) is 11.3. The SMILES string of the molecule is CC(C)(C)c1ccc(C(=O)NNC(=O)Cc2ccccc2Cl)cc1. The fraction of sp³-hybridized carbons (Fsp3) is 0.263. The number of hydrogen-bond acceptors (Lipinski definition) is 2. The van der Waals surface area contributed by atoms with Gasteiger partial charge in [-0.25, -0.2) is 0 Å². The molecule has 0 unspecified atom stereocenters. The van der Waals surface area contributed by atoms with Gasteiger partial charge in [-0.15, -0.1) is 0 Å². The van der Waals surface area contributed by atoms with Crippen molar-refractivity contribution in [2.45, 2.75) is 32.6 Å². The first-order valence-corrected chi connectivity index (χ1v) is 8.08. The van der Waals surface area contributed by atoms with E-state index in [-0.39, 0.29) is 23.7 Å². The van der Waals surface area contributed by atoms with E-state index in [4.69, 9.17) is 11.6 Å². The van der Waals surface area contributed by atoms with Crippen molar-refractivity contribution in [1.29, 1.82) is 0 Å². The number of hydrogen-bond donors (Lipinski definition) is 2. The van der Waals surface area contributed by atoms with Crippen LogP contribution in [0.5, 0.6) is 0 Å². The predicted molar refractivity (Wildman–Crippen MR) is 95.9 cm³/mol. The maximum absolute atomic E-state index is 12.1. The summed E-state index contributed by atoms with van der Waals surface area (Å²) in [4.78, 5) is 24.0. The molecule has 2 aromatic rings. The van der Waals surface area contributed by atoms with Crippen LogP contribution in [0.15, 0.2) is 48.5 Å². The number of halogens is 1. The molecule has 2 aromatic carbocycles. The van der Waals surface area contributed by atoms with Crippen molar-refractivity contribution >= 4 is 23.4 Å². The quantitative estimate of drug-likeness (QED) is 0.835. The van der Waals surface area contributed by atoms with Crippen LogP contribution in [-0.4, -0.2) is 11.8 Å². The summed E-state index contributed by atoms with van der Waals surface area (Å²) in [5.74, 6) is -0.689. The van der Waals surface area contributed by atoms with Crippen LogP contribution in [0.3, 0.4) is 0 Å². The summed E-state index contributed by atoms with van der Waals surface area (Å²) in [6.07, 6.45) is 0.100. The van der Waals surface area contributed by atoms with Crippen molar-refractivity contribution in [3.8, 4) is 0 Å². The molecule has 24 heavy (non-hydrogen) atoms. The zero-order valence-corrected chi connectivity index (χ0v) is 14.8. The molecule has 0 spiro atoms. The van der Waals surface area contributed by atoms with Crippen LogP contribution in [0, 0.1) is 0 Å². The largest absolute Gasteiger partial charge is 0.273 e. The average molecular weight is 345 g/mol. The highest BCUT2D eigenvalue weighted by molar-refractivity contribution is 6.31. The zero-order chi connectivity index (χ0) is 17.7. The maximum Gasteiger partial charge on any atom is 0.269 e. The molecule has 126 valence electrons. The second kappa shape index (κ2) is 7.49. The van der Waals surface area contributed by atoms with Crippen molar-refractivity contribution in [2.24, 2.45) is 0 Å². The summed E-state index contributed by atoms with van der Waals surface area (Å²) in [5, 5.41) is 0.525. The maximum atomic E-state index is 12.1. The van der Waals surface area contributed by atoms with Crippen LogP contribution in [0.1, 0.15) is 42.3 Å². The lowest BCUT2D eigenvalue weighted by Crippen LogP contribution is -2.42. The Labute approximate surface area is 147 Å². The predicted octanol–water partition coefficient (Wildman–Crippen LogP) is 3.64. The van der Waals surface area contributed by atoms with E-state index < -0.39 is 0 Å². The molecular weight excluding hydrogens is 324 g/mol. The van der Waals surface area contributed by atoms with E-state index in [2.05, 4.69) is 31.6 Å². The van der Waals surface area contributed by atoms with Gasteiger partial charge in [-0.05, 0) is 34.7 Å². The topological polar surface area (TPSA) is 58.2 Å². The Hall–Kier alpha value is -2.33. The number of rotatable bonds is 3. The number of carbonyl (C=O) groups excluding carboxylic acids is 2. The highest BCUT2D eigenvalue weighted by Crippen LogP contribution is 2.22. The first kappa shape index (κ1) is 18.0. The van der Waals surface area contributed by atoms with E-state index in [9.17, 15) is 9.59 Å². The van der Waals surface area contributed by atoms with Crippen molar-refractivity contribution in [3.05, 3.63) is 70.2 Å². The molecule has 5 heteroatoms. The fourth-order valence-electron chi connectivity index (χ4n) is 2.18. The molecular formula is C19H21ClN2O2. The lowest BCUT2D eigenvalue weighted by atomic mass is 9.87. The van der Waals surface area contributed by atoms with Gasteiger partial charge in [0.25, 0.3) is 5.91 Å². The first-order valence-electron chi connectivity index (χ1n) is 7.70. The molecule has 0 saturated carbocycles. The van der Waals surface area contributed by atoms with Crippen LogP contribution in [-0.2, 0) is 16.6 Å². The lowest BCUT2D eigenvalue weighted by molar-refractivity contribution is -0.121. The van der Waals surface area contributed by atoms with Gasteiger partial charge in [0, 0.05) is 10.6 Å². The van der Waals surface area contributed by atoms with Gasteiger partial charge >= 0.3 is 0 Å². The number of amides is 2. The van der Waals surface area contributed by atoms with Crippen molar-refractivity contribution in [3.63, 3.8) is 0 Å². The Morgan fingerprint density at radius 3 is 2.17 bits per heavy atom. The van der Waals surface area contributed by atoms with Gasteiger partial charge in [0.1, 0.15) is 0 Å². The standard InChI is InChI=1S/C19H21ClN2O2/c1-19(2,3)15-10-8-13(9-11-15)18(24)22-21-17(23)12-14-6-4-5-7-16(14)20/h4-11H,12H2,1-3H3,(H,21,23)(H,22,24). The van der Waals surface area contributed by atoms with Gasteiger partial charge < -0.3 is 0 Å². The molecule has 0 aliphatic rings. The van der Waals surface area contributed by atoms with E-state index in [0.29, 0.717) is 16.1 Å². The lowest BCUT2D eigenvalue weighted by Gasteiger charge is -2.19. The van der Waals surface area contributed by atoms with Gasteiger partial charge in [-0.2, -0.15) is 0 Å². The summed E-state index contributed by atoms with van der Waals surface area (Å²) in [6, 6.07) is 14.4. The van der Waals surface area contributed by atoms with Crippen LogP contribution >= 0.6 is 11.6 Å². The zero-order valence-electron chi connectivity index (χ0n) is 14.0. The summed E-state index contributed by atoms with van der Waals surface area (Å²) >= 11 is 6.01. The van der Waals surface area contributed by atoms with E-state index >= 15 is 0 Å². The van der Waals surface area contributed by atoms with Crippen molar-refractivity contribution in [2.75, 3.05) is 0 Å². The average Bonchev–Trinajstić information content (AvgIpc) is 2.54. The van der Waals surface area contributed by atoms with Crippen molar-refractivity contribution < 1.29 is 9.59 Å². The molecule has 0 aliphatic heterocycles. The molecule has 2 N–H and O–H groups in total. The molecule has 2 amide bonds. The number of hydrazine groups is 1. The molecule has 0 fully saturated rings. The normalized spacial score (nSPS) is 11.0. The Balaban J connectivity index is 1.91. The third-order valence-electron chi connectivity index (χ3n) is 3.64. The smallest absolute Gasteiger partial charge is 0.269 e. The molecule has 0 atom stereocenters. The molecule has 0 radical (unpaired) electrons. The van der Waals surface area contributed by atoms with E-state index in [1.54, 1.807) is 30.3 Å². The summed E-state index contributed by atoms with van der Waals surface area (Å²) in [5.41, 5.74) is 7.18. The van der Waals surface area contributed by atoms with Crippen LogP contribution in [0.4, 0.5) is 0 Å². The second-order valence-corrected chi connectivity index (χ2v) is 7.01. The summed E-state index contributed by atoms with van der Waals surface area (Å²) in [7, 11) is 0. The third-order valence-corrected chi connectivity index (χ3v) is 4.01. The van der Waals surface area contributed by atoms with Crippen LogP contribution in [0.2, 0.25) is 5.02 Å². The molecule has 2 rings (SSSR count). The van der Waals surface area contributed by atoms with Crippen LogP contribution in [0.25, 0.3) is 0 Å². The monoisotopic (exact) mass is 344 g/mol. The van der Waals surface area contributed by atoms with Gasteiger partial charge in [0.05, 0.1) is 6.42 Å². The molecule has 0 aliphatic carbocycles. The van der Waals surface area contributed by atoms with Gasteiger partial charge in [-0.3, -0.25) is 20.4 Å². The number of carbonyl (C=O) groups is 2. The highest BCUT2D eigenvalue weighted by atomic mass is 35.5. The summed E-state index contributed by atoms with van der Waals surface area (Å²) < 4.78 is 0. The molecule has 0 aromatic heterocycles. The fourth-order valence-corrected chi connectivity index (χ4v) is 2.38. The van der Waals surface area contributed by atoms with Crippen molar-refractivity contribution in [1.82, 2.24) is 10.9 Å². The van der Waals surface area contributed by atoms with Crippen LogP contribution < -0.4 is 10.9 Å². The van der Waals surface area contributed by atoms with Gasteiger partial charge in [0.15, 0.2) is 0 Å². The van der Waals surface area contributed by atoms with Gasteiger partial charge in [0.2, 0.25) is 5.91 Å². The third kappa shape index (κ3) is 4.83. The minimum atomic E-state index is -0.358. The van der Waals surface area contributed by atoms with E-state index in [1.165, 1.54) is 0 Å². The molecule has 0 heterocycles. The van der Waals surface area contributed by atoms with E-state index in [0.717, 1.165) is 5.56 Å². The number of benzene rings is 2. The second-order valence-electron chi connectivity index (χ2n) is 6.60. The van der Waals surface area contributed by atoms with E-state index in [1.807, 2.05) is 18.2 Å².